The number of halogens is 1. The summed E-state index contributed by atoms with van der Waals surface area (Å²) in [6, 6.07) is 4.73. The summed E-state index contributed by atoms with van der Waals surface area (Å²) in [5, 5.41) is 7.91. The van der Waals surface area contributed by atoms with E-state index in [4.69, 9.17) is 13.9 Å². The first kappa shape index (κ1) is 16.4. The minimum Gasteiger partial charge on any atom is -0.477 e. The minimum absolute atomic E-state index is 0.112. The fourth-order valence-electron chi connectivity index (χ4n) is 2.95. The molecule has 0 spiro atoms. The normalized spacial score (nSPS) is 24.1. The average Bonchev–Trinajstić information content (AvgIpc) is 3.21. The van der Waals surface area contributed by atoms with Crippen LogP contribution in [0, 0.1) is 5.82 Å². The third kappa shape index (κ3) is 3.12. The number of morpholine rings is 1. The Morgan fingerprint density at radius 1 is 1.24 bits per heavy atom. The lowest BCUT2D eigenvalue weighted by Gasteiger charge is -2.29. The Bertz CT molecular complexity index is 900. The number of ether oxygens (including phenoxy) is 2. The molecule has 0 radical (unpaired) electrons. The molecule has 0 aliphatic carbocycles. The van der Waals surface area contributed by atoms with E-state index >= 15 is 0 Å². The second kappa shape index (κ2) is 6.04. The summed E-state index contributed by atoms with van der Waals surface area (Å²) in [6.07, 6.45) is 0.371. The largest absolute Gasteiger partial charge is 0.477 e. The van der Waals surface area contributed by atoms with Gasteiger partial charge in [0.05, 0.1) is 12.9 Å². The second-order valence-electron chi connectivity index (χ2n) is 6.00. The van der Waals surface area contributed by atoms with E-state index in [-0.39, 0.29) is 37.2 Å². The van der Waals surface area contributed by atoms with Gasteiger partial charge in [-0.25, -0.2) is 12.8 Å². The maximum absolute atomic E-state index is 13.8. The molecule has 2 aliphatic rings. The summed E-state index contributed by atoms with van der Waals surface area (Å²) in [4.78, 5) is 0. The molecule has 2 atom stereocenters. The van der Waals surface area contributed by atoms with E-state index in [0.29, 0.717) is 6.42 Å². The summed E-state index contributed by atoms with van der Waals surface area (Å²) in [7, 11) is -3.32. The predicted octanol–water partition coefficient (Wildman–Crippen LogP) is 1.22. The number of fused-ring (bicyclic) bond motifs is 1. The highest BCUT2D eigenvalue weighted by Crippen LogP contribution is 2.38. The lowest BCUT2D eigenvalue weighted by Crippen LogP contribution is -2.41. The maximum Gasteiger partial charge on any atom is 0.257 e. The van der Waals surface area contributed by atoms with Crippen molar-refractivity contribution in [2.45, 2.75) is 18.6 Å². The number of hydrogen-bond acceptors (Lipinski definition) is 7. The van der Waals surface area contributed by atoms with Gasteiger partial charge < -0.3 is 13.9 Å². The molecule has 1 saturated heterocycles. The molecule has 1 fully saturated rings. The van der Waals surface area contributed by atoms with Gasteiger partial charge in [-0.2, -0.15) is 4.31 Å². The predicted molar refractivity (Wildman–Crippen MR) is 82.9 cm³/mol. The average molecular weight is 369 g/mol. The van der Waals surface area contributed by atoms with Gasteiger partial charge in [0.2, 0.25) is 15.9 Å². The van der Waals surface area contributed by atoms with Gasteiger partial charge in [-0.1, -0.05) is 12.1 Å². The van der Waals surface area contributed by atoms with Crippen LogP contribution >= 0.6 is 0 Å². The molecule has 134 valence electrons. The van der Waals surface area contributed by atoms with Gasteiger partial charge in [0.1, 0.15) is 6.10 Å². The summed E-state index contributed by atoms with van der Waals surface area (Å²) >= 11 is 0. The van der Waals surface area contributed by atoms with E-state index in [0.717, 1.165) is 11.8 Å². The monoisotopic (exact) mass is 369 g/mol. The van der Waals surface area contributed by atoms with Crippen molar-refractivity contribution >= 4 is 10.0 Å². The van der Waals surface area contributed by atoms with Crippen molar-refractivity contribution in [1.82, 2.24) is 14.5 Å². The molecule has 0 saturated carbocycles. The quantitative estimate of drug-likeness (QED) is 0.803. The molecular weight excluding hydrogens is 353 g/mol. The number of hydrogen-bond donors (Lipinski definition) is 0. The van der Waals surface area contributed by atoms with Gasteiger partial charge in [-0.15, -0.1) is 10.2 Å². The van der Waals surface area contributed by atoms with E-state index in [1.165, 1.54) is 10.4 Å². The highest BCUT2D eigenvalue weighted by molar-refractivity contribution is 7.88. The smallest absolute Gasteiger partial charge is 0.257 e. The van der Waals surface area contributed by atoms with Crippen LogP contribution in [-0.4, -0.2) is 48.9 Å². The minimum atomic E-state index is -3.32. The van der Waals surface area contributed by atoms with Crippen molar-refractivity contribution in [2.75, 3.05) is 26.0 Å². The van der Waals surface area contributed by atoms with Crippen LogP contribution in [0.4, 0.5) is 4.39 Å². The topological polar surface area (TPSA) is 94.8 Å². The first-order valence-electron chi connectivity index (χ1n) is 7.76. The number of benzene rings is 1. The SMILES string of the molecule is CS(=O)(=O)N1CCO[C@@H](c2nnc([C@@H]3Cc4cccc(F)c4O3)o2)C1. The first-order chi connectivity index (χ1) is 11.9. The van der Waals surface area contributed by atoms with Crippen LogP contribution < -0.4 is 4.74 Å². The number of para-hydroxylation sites is 1. The van der Waals surface area contributed by atoms with Gasteiger partial charge in [0.25, 0.3) is 5.89 Å². The van der Waals surface area contributed by atoms with Crippen molar-refractivity contribution in [1.29, 1.82) is 0 Å². The maximum atomic E-state index is 13.8. The standard InChI is InChI=1S/C15H16FN3O5S/c1-25(20,21)19-5-6-22-12(8-19)15-18-17-14(24-15)11-7-9-3-2-4-10(16)13(9)23-11/h2-4,11-12H,5-8H2,1H3/t11-,12+/m0/s1. The summed E-state index contributed by atoms with van der Waals surface area (Å²) in [5.41, 5.74) is 0.738. The molecule has 4 rings (SSSR count). The van der Waals surface area contributed by atoms with Crippen molar-refractivity contribution in [3.8, 4) is 5.75 Å². The fourth-order valence-corrected chi connectivity index (χ4v) is 3.76. The Balaban J connectivity index is 1.51. The lowest BCUT2D eigenvalue weighted by atomic mass is 10.1. The lowest BCUT2D eigenvalue weighted by molar-refractivity contribution is -0.0184. The van der Waals surface area contributed by atoms with Gasteiger partial charge in [0.15, 0.2) is 17.7 Å². The van der Waals surface area contributed by atoms with Crippen LogP contribution in [0.25, 0.3) is 0 Å². The van der Waals surface area contributed by atoms with Crippen LogP contribution in [0.5, 0.6) is 5.75 Å². The van der Waals surface area contributed by atoms with Crippen LogP contribution in [0.15, 0.2) is 22.6 Å². The Labute approximate surface area is 143 Å². The number of rotatable bonds is 3. The molecule has 8 nitrogen and oxygen atoms in total. The van der Waals surface area contributed by atoms with E-state index in [1.54, 1.807) is 12.1 Å². The molecule has 1 aromatic carbocycles. The molecular formula is C15H16FN3O5S. The zero-order valence-electron chi connectivity index (χ0n) is 13.4. The van der Waals surface area contributed by atoms with Crippen molar-refractivity contribution in [3.05, 3.63) is 41.4 Å². The summed E-state index contributed by atoms with van der Waals surface area (Å²) in [5.74, 6) is 0.164. The summed E-state index contributed by atoms with van der Waals surface area (Å²) in [6.45, 7) is 0.642. The van der Waals surface area contributed by atoms with Crippen LogP contribution in [0.2, 0.25) is 0 Å². The van der Waals surface area contributed by atoms with Crippen LogP contribution in [0.1, 0.15) is 29.6 Å². The van der Waals surface area contributed by atoms with Crippen molar-refractivity contribution < 1.29 is 26.7 Å². The van der Waals surface area contributed by atoms with Crippen LogP contribution in [0.3, 0.4) is 0 Å². The number of aromatic nitrogens is 2. The Hall–Kier alpha value is -2.04. The fraction of sp³-hybridized carbons (Fsp3) is 0.467. The molecule has 3 heterocycles. The third-order valence-corrected chi connectivity index (χ3v) is 5.49. The molecule has 0 unspecified atom stereocenters. The van der Waals surface area contributed by atoms with Gasteiger partial charge in [-0.3, -0.25) is 0 Å². The Morgan fingerprint density at radius 3 is 2.72 bits per heavy atom. The Morgan fingerprint density at radius 2 is 2.00 bits per heavy atom. The third-order valence-electron chi connectivity index (χ3n) is 4.22. The molecule has 0 bridgehead atoms. The van der Waals surface area contributed by atoms with E-state index in [9.17, 15) is 12.8 Å². The van der Waals surface area contributed by atoms with E-state index < -0.39 is 28.0 Å². The molecule has 0 N–H and O–H groups in total. The van der Waals surface area contributed by atoms with Crippen molar-refractivity contribution in [2.24, 2.45) is 0 Å². The molecule has 10 heteroatoms. The molecule has 25 heavy (non-hydrogen) atoms. The number of nitrogens with zero attached hydrogens (tertiary/aromatic N) is 3. The molecule has 2 aromatic rings. The van der Waals surface area contributed by atoms with Gasteiger partial charge in [0, 0.05) is 25.1 Å². The van der Waals surface area contributed by atoms with Crippen LogP contribution in [-0.2, 0) is 21.2 Å². The van der Waals surface area contributed by atoms with E-state index in [2.05, 4.69) is 10.2 Å². The zero-order valence-corrected chi connectivity index (χ0v) is 14.2. The highest BCUT2D eigenvalue weighted by atomic mass is 32.2. The van der Waals surface area contributed by atoms with E-state index in [1.807, 2.05) is 0 Å². The second-order valence-corrected chi connectivity index (χ2v) is 7.98. The van der Waals surface area contributed by atoms with Gasteiger partial charge in [-0.05, 0) is 6.07 Å². The number of sulfonamides is 1. The Kier molecular flexibility index (Phi) is 3.97. The highest BCUT2D eigenvalue weighted by Gasteiger charge is 2.34. The molecule has 1 aromatic heterocycles. The first-order valence-corrected chi connectivity index (χ1v) is 9.60. The molecule has 2 aliphatic heterocycles. The van der Waals surface area contributed by atoms with Crippen molar-refractivity contribution in [3.63, 3.8) is 0 Å². The summed E-state index contributed by atoms with van der Waals surface area (Å²) < 4.78 is 55.2. The van der Waals surface area contributed by atoms with Gasteiger partial charge >= 0.3 is 0 Å². The molecule has 0 amide bonds. The zero-order chi connectivity index (χ0) is 17.6.